The molecule has 0 aliphatic rings. The summed E-state index contributed by atoms with van der Waals surface area (Å²) >= 11 is 0. The Labute approximate surface area is 168 Å². The lowest BCUT2D eigenvalue weighted by Gasteiger charge is -2.04. The molecule has 2 N–H and O–H groups in total. The van der Waals surface area contributed by atoms with Crippen LogP contribution in [0.3, 0.4) is 0 Å². The minimum Gasteiger partial charge on any atom is -0.355 e. The second kappa shape index (κ2) is 6.66. The van der Waals surface area contributed by atoms with Gasteiger partial charge in [0.25, 0.3) is 11.1 Å². The Hall–Kier alpha value is -4.26. The van der Waals surface area contributed by atoms with Crippen LogP contribution in [-0.4, -0.2) is 14.5 Å². The molecule has 30 heavy (non-hydrogen) atoms. The quantitative estimate of drug-likeness (QED) is 0.486. The summed E-state index contributed by atoms with van der Waals surface area (Å²) in [5.41, 5.74) is -0.0707. The van der Waals surface area contributed by atoms with Crippen molar-refractivity contribution in [2.75, 3.05) is 0 Å². The Morgan fingerprint density at radius 2 is 1.13 bits per heavy atom. The molecular weight excluding hydrogens is 382 g/mol. The van der Waals surface area contributed by atoms with Gasteiger partial charge < -0.3 is 9.97 Å². The van der Waals surface area contributed by atoms with Gasteiger partial charge in [-0.2, -0.15) is 0 Å². The molecule has 0 fully saturated rings. The van der Waals surface area contributed by atoms with Gasteiger partial charge in [0.15, 0.2) is 0 Å². The molecule has 0 radical (unpaired) electrons. The van der Waals surface area contributed by atoms with E-state index in [1.807, 2.05) is 54.6 Å². The van der Waals surface area contributed by atoms with Gasteiger partial charge in [-0.25, -0.2) is 0 Å². The molecule has 0 saturated carbocycles. The molecule has 0 bridgehead atoms. The predicted octanol–water partition coefficient (Wildman–Crippen LogP) is 2.04. The number of nitrogens with one attached hydrogen (secondary N) is 2. The second-order valence-corrected chi connectivity index (χ2v) is 7.04. The van der Waals surface area contributed by atoms with Gasteiger partial charge in [0.05, 0.1) is 6.54 Å². The molecule has 0 atom stereocenters. The van der Waals surface area contributed by atoms with Crippen molar-refractivity contribution in [2.45, 2.75) is 6.54 Å². The lowest BCUT2D eigenvalue weighted by Crippen LogP contribution is -2.27. The van der Waals surface area contributed by atoms with Crippen molar-refractivity contribution in [1.29, 1.82) is 0 Å². The van der Waals surface area contributed by atoms with Crippen molar-refractivity contribution in [2.24, 2.45) is 0 Å². The fourth-order valence-electron chi connectivity index (χ4n) is 3.76. The highest BCUT2D eigenvalue weighted by Crippen LogP contribution is 2.19. The Kier molecular flexibility index (Phi) is 3.96. The molecule has 0 amide bonds. The topological polar surface area (TPSA) is 105 Å². The predicted molar refractivity (Wildman–Crippen MR) is 115 cm³/mol. The molecule has 3 aromatic carbocycles. The van der Waals surface area contributed by atoms with Crippen LogP contribution < -0.4 is 22.0 Å². The zero-order valence-electron chi connectivity index (χ0n) is 15.6. The van der Waals surface area contributed by atoms with Crippen LogP contribution >= 0.6 is 0 Å². The Bertz CT molecular complexity index is 1550. The van der Waals surface area contributed by atoms with Crippen LogP contribution in [0, 0.1) is 0 Å². The molecule has 7 nitrogen and oxygen atoms in total. The largest absolute Gasteiger partial charge is 0.355 e. The Morgan fingerprint density at radius 1 is 0.633 bits per heavy atom. The van der Waals surface area contributed by atoms with Crippen LogP contribution in [0.15, 0.2) is 86.2 Å². The first-order valence-corrected chi connectivity index (χ1v) is 9.33. The van der Waals surface area contributed by atoms with E-state index in [0.29, 0.717) is 5.56 Å². The summed E-state index contributed by atoms with van der Waals surface area (Å²) in [6.45, 7) is -0.0237. The number of nitrogens with zero attached hydrogens (tertiary/aromatic N) is 1. The van der Waals surface area contributed by atoms with E-state index >= 15 is 0 Å². The van der Waals surface area contributed by atoms with E-state index in [2.05, 4.69) is 9.97 Å². The van der Waals surface area contributed by atoms with E-state index in [1.165, 1.54) is 12.4 Å². The molecule has 146 valence electrons. The average Bonchev–Trinajstić information content (AvgIpc) is 3.04. The van der Waals surface area contributed by atoms with Crippen LogP contribution in [0.5, 0.6) is 0 Å². The Balaban J connectivity index is 1.65. The maximum absolute atomic E-state index is 12.9. The van der Waals surface area contributed by atoms with E-state index in [0.717, 1.165) is 15.7 Å². The van der Waals surface area contributed by atoms with Crippen LogP contribution in [0.1, 0.15) is 5.56 Å². The number of H-pyrrole nitrogens is 2. The van der Waals surface area contributed by atoms with Gasteiger partial charge in [0.2, 0.25) is 10.9 Å². The molecule has 0 aliphatic carbocycles. The third-order valence-electron chi connectivity index (χ3n) is 5.27. The highest BCUT2D eigenvalue weighted by atomic mass is 16.2. The fourth-order valence-corrected chi connectivity index (χ4v) is 3.76. The minimum absolute atomic E-state index is 0.0172. The van der Waals surface area contributed by atoms with Crippen LogP contribution in [0.4, 0.5) is 0 Å². The summed E-state index contributed by atoms with van der Waals surface area (Å²) in [6.07, 6.45) is 2.89. The summed E-state index contributed by atoms with van der Waals surface area (Å²) in [7, 11) is 0. The molecule has 5 aromatic rings. The highest BCUT2D eigenvalue weighted by Gasteiger charge is 2.22. The molecule has 5 rings (SSSR count). The lowest BCUT2D eigenvalue weighted by atomic mass is 10.0. The Morgan fingerprint density at radius 3 is 1.67 bits per heavy atom. The molecule has 7 heteroatoms. The molecule has 0 saturated heterocycles. The fraction of sp³-hybridized carbons (Fsp3) is 0.0435. The zero-order chi connectivity index (χ0) is 20.8. The molecule has 0 unspecified atom stereocenters. The third kappa shape index (κ3) is 2.60. The number of benzene rings is 3. The highest BCUT2D eigenvalue weighted by molar-refractivity contribution is 5.94. The summed E-state index contributed by atoms with van der Waals surface area (Å²) in [6, 6.07) is 17.3. The molecular formula is C23H15N3O4. The lowest BCUT2D eigenvalue weighted by molar-refractivity contribution is 0.754. The number of hydrogen-bond donors (Lipinski definition) is 2. The summed E-state index contributed by atoms with van der Waals surface area (Å²) in [4.78, 5) is 56.6. The number of aromatic amines is 2. The molecule has 2 heterocycles. The summed E-state index contributed by atoms with van der Waals surface area (Å²) < 4.78 is 0.948. The molecule has 0 spiro atoms. The van der Waals surface area contributed by atoms with E-state index in [1.54, 1.807) is 0 Å². The first-order valence-electron chi connectivity index (χ1n) is 9.33. The van der Waals surface area contributed by atoms with Crippen molar-refractivity contribution in [3.05, 3.63) is 114 Å². The van der Waals surface area contributed by atoms with Gasteiger partial charge in [-0.3, -0.25) is 23.7 Å². The van der Waals surface area contributed by atoms with Crippen molar-refractivity contribution in [1.82, 2.24) is 14.5 Å². The number of fused-ring (bicyclic) bond motifs is 2. The van der Waals surface area contributed by atoms with E-state index in [9.17, 15) is 19.2 Å². The van der Waals surface area contributed by atoms with Crippen molar-refractivity contribution in [3.63, 3.8) is 0 Å². The average molecular weight is 397 g/mol. The van der Waals surface area contributed by atoms with Gasteiger partial charge in [0.1, 0.15) is 21.8 Å². The van der Waals surface area contributed by atoms with Crippen molar-refractivity contribution < 1.29 is 0 Å². The van der Waals surface area contributed by atoms with Gasteiger partial charge >= 0.3 is 0 Å². The monoisotopic (exact) mass is 397 g/mol. The first-order chi connectivity index (χ1) is 14.6. The maximum atomic E-state index is 12.9. The van der Waals surface area contributed by atoms with Crippen LogP contribution in [0.25, 0.3) is 32.9 Å². The van der Waals surface area contributed by atoms with Gasteiger partial charge in [0, 0.05) is 12.4 Å². The maximum Gasteiger partial charge on any atom is 0.266 e. The number of rotatable bonds is 3. The second-order valence-electron chi connectivity index (χ2n) is 7.04. The van der Waals surface area contributed by atoms with Crippen molar-refractivity contribution >= 4 is 21.8 Å². The van der Waals surface area contributed by atoms with E-state index < -0.39 is 22.0 Å². The van der Waals surface area contributed by atoms with Crippen molar-refractivity contribution in [3.8, 4) is 11.1 Å². The number of aromatic nitrogens is 3. The number of hydrogen-bond acceptors (Lipinski definition) is 4. The van der Waals surface area contributed by atoms with Crippen LogP contribution in [-0.2, 0) is 6.54 Å². The smallest absolute Gasteiger partial charge is 0.266 e. The summed E-state index contributed by atoms with van der Waals surface area (Å²) in [5.74, 6) is 0. The van der Waals surface area contributed by atoms with Gasteiger partial charge in [-0.15, -0.1) is 0 Å². The SMILES string of the molecule is O=c1c2[nH]cc[nH]c2c(=O)c2c(=O)n(Cc3ccc(-c4ccccc4)cc3)c(=O)c12. The first kappa shape index (κ1) is 17.8. The van der Waals surface area contributed by atoms with E-state index in [4.69, 9.17) is 0 Å². The zero-order valence-corrected chi connectivity index (χ0v) is 15.6. The van der Waals surface area contributed by atoms with Gasteiger partial charge in [-0.1, -0.05) is 54.6 Å². The normalized spacial score (nSPS) is 11.3. The molecule has 0 aliphatic heterocycles. The summed E-state index contributed by atoms with van der Waals surface area (Å²) in [5, 5.41) is -0.733. The third-order valence-corrected chi connectivity index (χ3v) is 5.27. The standard InChI is InChI=1S/C23H15N3O4/c27-20-16-17(21(28)19-18(20)24-10-11-25-19)23(30)26(22(16)29)12-13-6-8-15(9-7-13)14-4-2-1-3-5-14/h1-11,24-25H,12H2. The van der Waals surface area contributed by atoms with Crippen LogP contribution in [0.2, 0.25) is 0 Å². The molecule has 2 aromatic heterocycles. The minimum atomic E-state index is -0.747. The van der Waals surface area contributed by atoms with E-state index in [-0.39, 0.29) is 28.4 Å². The van der Waals surface area contributed by atoms with Gasteiger partial charge in [-0.05, 0) is 16.7 Å².